The van der Waals surface area contributed by atoms with E-state index in [2.05, 4.69) is 40.8 Å². The summed E-state index contributed by atoms with van der Waals surface area (Å²) < 4.78 is 9.64. The van der Waals surface area contributed by atoms with E-state index in [1.807, 2.05) is 6.11 Å². The van der Waals surface area contributed by atoms with Gasteiger partial charge in [-0.05, 0) is 24.7 Å². The van der Waals surface area contributed by atoms with Crippen molar-refractivity contribution in [3.8, 4) is 12.5 Å². The third-order valence-corrected chi connectivity index (χ3v) is 4.78. The number of unbranched alkanes of at least 4 members (excludes halogenated alkanes) is 6. The van der Waals surface area contributed by atoms with Crippen LogP contribution >= 0.6 is 0 Å². The highest BCUT2D eigenvalue weighted by Crippen LogP contribution is 2.23. The third kappa shape index (κ3) is 10.4. The van der Waals surface area contributed by atoms with Crippen LogP contribution in [0.1, 0.15) is 88.3 Å². The molecular formula is C23H38N4O3. The Balaban J connectivity index is 2.53. The SMILES string of the molecule is C#COC(=O)c1nc(CCCCCCCCCC(C)(C)C)c(NCCOC)nc1N. The Morgan fingerprint density at radius 3 is 2.33 bits per heavy atom. The number of carbonyl (C=O) groups excluding carboxylic acids is 1. The fourth-order valence-corrected chi connectivity index (χ4v) is 3.15. The van der Waals surface area contributed by atoms with Gasteiger partial charge in [0, 0.05) is 13.7 Å². The molecule has 0 unspecified atom stereocenters. The number of ether oxygens (including phenoxy) is 2. The molecule has 1 rings (SSSR count). The Hall–Kier alpha value is -2.33. The summed E-state index contributed by atoms with van der Waals surface area (Å²) in [5.41, 5.74) is 6.95. The highest BCUT2D eigenvalue weighted by Gasteiger charge is 2.18. The van der Waals surface area contributed by atoms with Crippen molar-refractivity contribution in [3.63, 3.8) is 0 Å². The maximum atomic E-state index is 12.0. The molecule has 1 aromatic heterocycles. The molecule has 0 aliphatic rings. The number of nitrogens with two attached hydrogens (primary N) is 1. The highest BCUT2D eigenvalue weighted by atomic mass is 16.5. The average molecular weight is 419 g/mol. The lowest BCUT2D eigenvalue weighted by molar-refractivity contribution is 0.0685. The summed E-state index contributed by atoms with van der Waals surface area (Å²) in [6.45, 7) is 7.98. The summed E-state index contributed by atoms with van der Waals surface area (Å²) in [7, 11) is 1.63. The number of hydrogen-bond donors (Lipinski definition) is 2. The van der Waals surface area contributed by atoms with Crippen molar-refractivity contribution >= 4 is 17.6 Å². The average Bonchev–Trinajstić information content (AvgIpc) is 2.67. The van der Waals surface area contributed by atoms with Crippen LogP contribution in [0.4, 0.5) is 11.6 Å². The zero-order valence-corrected chi connectivity index (χ0v) is 19.1. The van der Waals surface area contributed by atoms with Crippen LogP contribution in [0.3, 0.4) is 0 Å². The van der Waals surface area contributed by atoms with Crippen LogP contribution in [-0.4, -0.2) is 36.2 Å². The number of aromatic nitrogens is 2. The minimum absolute atomic E-state index is 0.00539. The Morgan fingerprint density at radius 1 is 1.10 bits per heavy atom. The molecule has 0 saturated heterocycles. The fourth-order valence-electron chi connectivity index (χ4n) is 3.15. The van der Waals surface area contributed by atoms with E-state index in [0.29, 0.717) is 36.5 Å². The van der Waals surface area contributed by atoms with E-state index in [0.717, 1.165) is 12.8 Å². The van der Waals surface area contributed by atoms with Crippen LogP contribution in [0.5, 0.6) is 0 Å². The normalized spacial score (nSPS) is 11.2. The van der Waals surface area contributed by atoms with Gasteiger partial charge in [0.2, 0.25) is 0 Å². The van der Waals surface area contributed by atoms with Gasteiger partial charge in [-0.3, -0.25) is 0 Å². The second-order valence-corrected chi connectivity index (χ2v) is 8.72. The molecule has 1 aromatic rings. The van der Waals surface area contributed by atoms with Crippen LogP contribution < -0.4 is 11.1 Å². The number of nitrogens with one attached hydrogen (secondary N) is 1. The second kappa shape index (κ2) is 13.8. The van der Waals surface area contributed by atoms with Crippen molar-refractivity contribution in [1.82, 2.24) is 9.97 Å². The van der Waals surface area contributed by atoms with Gasteiger partial charge >= 0.3 is 5.97 Å². The van der Waals surface area contributed by atoms with E-state index in [1.54, 1.807) is 7.11 Å². The van der Waals surface area contributed by atoms with Gasteiger partial charge < -0.3 is 20.5 Å². The van der Waals surface area contributed by atoms with E-state index in [1.165, 1.54) is 38.5 Å². The topological polar surface area (TPSA) is 99.4 Å². The summed E-state index contributed by atoms with van der Waals surface area (Å²) in [4.78, 5) is 20.7. The molecule has 0 radical (unpaired) electrons. The number of aryl methyl sites for hydroxylation is 1. The molecule has 0 amide bonds. The molecule has 0 saturated carbocycles. The lowest BCUT2D eigenvalue weighted by atomic mass is 9.89. The van der Waals surface area contributed by atoms with E-state index in [4.69, 9.17) is 16.9 Å². The first-order valence-electron chi connectivity index (χ1n) is 10.8. The summed E-state index contributed by atoms with van der Waals surface area (Å²) in [6.07, 6.45) is 17.3. The minimum atomic E-state index is -0.762. The smallest absolute Gasteiger partial charge is 0.374 e. The number of nitrogens with zero attached hydrogens (tertiary/aromatic N) is 2. The number of carbonyl (C=O) groups is 1. The number of anilines is 2. The molecule has 7 heteroatoms. The Kier molecular flexibility index (Phi) is 11.8. The van der Waals surface area contributed by atoms with Gasteiger partial charge in [-0.1, -0.05) is 65.7 Å². The van der Waals surface area contributed by atoms with E-state index < -0.39 is 5.97 Å². The first-order valence-corrected chi connectivity index (χ1v) is 10.8. The monoisotopic (exact) mass is 418 g/mol. The summed E-state index contributed by atoms with van der Waals surface area (Å²) in [5, 5.41) is 3.17. The van der Waals surface area contributed by atoms with Crippen LogP contribution in [0.25, 0.3) is 0 Å². The van der Waals surface area contributed by atoms with Crippen LogP contribution in [0, 0.1) is 17.9 Å². The lowest BCUT2D eigenvalue weighted by Crippen LogP contribution is -2.17. The molecule has 1 heterocycles. The largest absolute Gasteiger partial charge is 0.383 e. The summed E-state index contributed by atoms with van der Waals surface area (Å²) >= 11 is 0. The molecule has 0 aliphatic carbocycles. The number of hydrogen-bond acceptors (Lipinski definition) is 7. The molecule has 30 heavy (non-hydrogen) atoms. The predicted octanol–water partition coefficient (Wildman–Crippen LogP) is 4.57. The molecule has 0 fully saturated rings. The van der Waals surface area contributed by atoms with Gasteiger partial charge in [-0.25, -0.2) is 14.8 Å². The van der Waals surface area contributed by atoms with Crippen molar-refractivity contribution in [2.45, 2.75) is 78.6 Å². The summed E-state index contributed by atoms with van der Waals surface area (Å²) in [6, 6.07) is 0. The molecule has 0 aromatic carbocycles. The van der Waals surface area contributed by atoms with Crippen molar-refractivity contribution in [2.75, 3.05) is 31.3 Å². The molecule has 7 nitrogen and oxygen atoms in total. The van der Waals surface area contributed by atoms with Gasteiger partial charge in [0.05, 0.1) is 12.3 Å². The Bertz CT molecular complexity index is 693. The molecule has 3 N–H and O–H groups in total. The van der Waals surface area contributed by atoms with Gasteiger partial charge in [0.1, 0.15) is 11.9 Å². The third-order valence-electron chi connectivity index (χ3n) is 4.78. The molecule has 0 aliphatic heterocycles. The summed E-state index contributed by atoms with van der Waals surface area (Å²) in [5.74, 6) is -0.194. The quantitative estimate of drug-likeness (QED) is 0.259. The van der Waals surface area contributed by atoms with Crippen LogP contribution in [0.15, 0.2) is 0 Å². The van der Waals surface area contributed by atoms with Crippen molar-refractivity contribution in [3.05, 3.63) is 11.4 Å². The van der Waals surface area contributed by atoms with Gasteiger partial charge in [0.25, 0.3) is 0 Å². The first kappa shape index (κ1) is 25.7. The fraction of sp³-hybridized carbons (Fsp3) is 0.696. The van der Waals surface area contributed by atoms with Crippen molar-refractivity contribution in [1.29, 1.82) is 0 Å². The van der Waals surface area contributed by atoms with Crippen LogP contribution in [-0.2, 0) is 15.9 Å². The van der Waals surface area contributed by atoms with E-state index in [-0.39, 0.29) is 11.5 Å². The van der Waals surface area contributed by atoms with E-state index in [9.17, 15) is 4.79 Å². The van der Waals surface area contributed by atoms with Gasteiger partial charge in [-0.15, -0.1) is 0 Å². The number of esters is 1. The number of terminal acetylenes is 1. The number of methoxy groups -OCH3 is 1. The molecule has 0 atom stereocenters. The standard InChI is InChI=1S/C23H38N4O3/c1-6-30-22(28)19-20(24)27-21(25-16-17-29-5)18(26-19)14-12-10-8-7-9-11-13-15-23(2,3)4/h1H,7-17H2,2-5H3,(H3,24,25,27). The maximum absolute atomic E-state index is 12.0. The lowest BCUT2D eigenvalue weighted by Gasteiger charge is -2.17. The Labute approximate surface area is 181 Å². The van der Waals surface area contributed by atoms with Crippen molar-refractivity contribution in [2.24, 2.45) is 5.41 Å². The van der Waals surface area contributed by atoms with E-state index >= 15 is 0 Å². The zero-order chi connectivity index (χ0) is 22.4. The van der Waals surface area contributed by atoms with Gasteiger partial charge in [-0.2, -0.15) is 0 Å². The van der Waals surface area contributed by atoms with Gasteiger partial charge in [0.15, 0.2) is 11.5 Å². The highest BCUT2D eigenvalue weighted by molar-refractivity contribution is 5.92. The first-order chi connectivity index (χ1) is 14.3. The van der Waals surface area contributed by atoms with Crippen LogP contribution in [0.2, 0.25) is 0 Å². The predicted molar refractivity (Wildman–Crippen MR) is 121 cm³/mol. The number of nitrogen functional groups attached to an aromatic ring is 1. The molecule has 0 bridgehead atoms. The molecule has 168 valence electrons. The second-order valence-electron chi connectivity index (χ2n) is 8.72. The van der Waals surface area contributed by atoms with Crippen molar-refractivity contribution < 1.29 is 14.3 Å². The molecular weight excluding hydrogens is 380 g/mol. The zero-order valence-electron chi connectivity index (χ0n) is 19.1. The molecule has 0 spiro atoms. The Morgan fingerprint density at radius 2 is 1.73 bits per heavy atom. The minimum Gasteiger partial charge on any atom is -0.383 e. The maximum Gasteiger partial charge on any atom is 0.374 e. The number of rotatable bonds is 14.